The Morgan fingerprint density at radius 1 is 1.35 bits per heavy atom. The molecule has 0 bridgehead atoms. The quantitative estimate of drug-likeness (QED) is 0.813. The molecule has 1 aliphatic carbocycles. The topological polar surface area (TPSA) is 43.8 Å². The van der Waals surface area contributed by atoms with Gasteiger partial charge in [-0.2, -0.15) is 0 Å². The van der Waals surface area contributed by atoms with Crippen LogP contribution in [0.5, 0.6) is 0 Å². The molecule has 0 saturated carbocycles. The fraction of sp³-hybridized carbons (Fsp3) is 0.357. The molecule has 3 rings (SSSR count). The number of hydrogen-bond donors (Lipinski definition) is 1. The zero-order chi connectivity index (χ0) is 11.8. The maximum absolute atomic E-state index is 6.13. The molecule has 3 nitrogen and oxygen atoms in total. The third-order valence-corrected chi connectivity index (χ3v) is 3.48. The van der Waals surface area contributed by atoms with E-state index >= 15 is 0 Å². The highest BCUT2D eigenvalue weighted by Crippen LogP contribution is 2.30. The first-order valence-electron chi connectivity index (χ1n) is 6.15. The lowest BCUT2D eigenvalue weighted by molar-refractivity contribution is 0.559. The van der Waals surface area contributed by atoms with Crippen molar-refractivity contribution >= 4 is 0 Å². The molecule has 2 heterocycles. The fourth-order valence-corrected chi connectivity index (χ4v) is 2.60. The Morgan fingerprint density at radius 3 is 3.06 bits per heavy atom. The third-order valence-electron chi connectivity index (χ3n) is 3.48. The Hall–Kier alpha value is -1.61. The molecule has 0 amide bonds. The Balaban J connectivity index is 2.10. The first kappa shape index (κ1) is 10.5. The van der Waals surface area contributed by atoms with Gasteiger partial charge in [0.15, 0.2) is 0 Å². The molecule has 0 fully saturated rings. The van der Waals surface area contributed by atoms with Crippen LogP contribution in [0.25, 0.3) is 5.82 Å². The standard InChI is InChI=1S/C14H17N3/c1-10-4-2-7-14(16-10)17-9-8-11-12(15)5-3-6-13(11)17/h2,4,7-9,12H,3,5-6,15H2,1H3. The Labute approximate surface area is 101 Å². The lowest BCUT2D eigenvalue weighted by Crippen LogP contribution is -2.18. The third kappa shape index (κ3) is 1.76. The van der Waals surface area contributed by atoms with E-state index in [4.69, 9.17) is 5.73 Å². The van der Waals surface area contributed by atoms with Gasteiger partial charge in [-0.3, -0.25) is 0 Å². The lowest BCUT2D eigenvalue weighted by atomic mass is 9.94. The average Bonchev–Trinajstić information content (AvgIpc) is 2.74. The second-order valence-corrected chi connectivity index (χ2v) is 4.72. The van der Waals surface area contributed by atoms with Crippen LogP contribution in [0.3, 0.4) is 0 Å². The van der Waals surface area contributed by atoms with Gasteiger partial charge in [0.05, 0.1) is 0 Å². The molecule has 17 heavy (non-hydrogen) atoms. The molecule has 0 radical (unpaired) electrons. The number of nitrogens with zero attached hydrogens (tertiary/aromatic N) is 2. The second kappa shape index (κ2) is 4.00. The van der Waals surface area contributed by atoms with Crippen molar-refractivity contribution in [2.24, 2.45) is 5.73 Å². The Morgan fingerprint density at radius 2 is 2.24 bits per heavy atom. The summed E-state index contributed by atoms with van der Waals surface area (Å²) in [6.07, 6.45) is 5.46. The van der Waals surface area contributed by atoms with E-state index in [-0.39, 0.29) is 6.04 Å². The SMILES string of the molecule is Cc1cccc(-n2ccc3c2CCCC3N)n1. The number of fused-ring (bicyclic) bond motifs is 1. The van der Waals surface area contributed by atoms with Crippen LogP contribution >= 0.6 is 0 Å². The second-order valence-electron chi connectivity index (χ2n) is 4.72. The summed E-state index contributed by atoms with van der Waals surface area (Å²) in [6, 6.07) is 8.46. The van der Waals surface area contributed by atoms with Crippen molar-refractivity contribution in [3.8, 4) is 5.82 Å². The summed E-state index contributed by atoms with van der Waals surface area (Å²) >= 11 is 0. The summed E-state index contributed by atoms with van der Waals surface area (Å²) in [6.45, 7) is 2.02. The highest BCUT2D eigenvalue weighted by Gasteiger charge is 2.20. The molecule has 0 aromatic carbocycles. The van der Waals surface area contributed by atoms with Crippen molar-refractivity contribution in [1.82, 2.24) is 9.55 Å². The van der Waals surface area contributed by atoms with Crippen molar-refractivity contribution in [2.75, 3.05) is 0 Å². The van der Waals surface area contributed by atoms with Crippen LogP contribution in [0.4, 0.5) is 0 Å². The van der Waals surface area contributed by atoms with E-state index in [2.05, 4.69) is 21.8 Å². The monoisotopic (exact) mass is 227 g/mol. The molecule has 0 aliphatic heterocycles. The average molecular weight is 227 g/mol. The van der Waals surface area contributed by atoms with E-state index in [0.717, 1.165) is 24.4 Å². The van der Waals surface area contributed by atoms with Gasteiger partial charge in [-0.15, -0.1) is 0 Å². The Bertz CT molecular complexity index is 542. The minimum atomic E-state index is 0.199. The van der Waals surface area contributed by atoms with Gasteiger partial charge < -0.3 is 10.3 Å². The highest BCUT2D eigenvalue weighted by atomic mass is 15.1. The van der Waals surface area contributed by atoms with Gasteiger partial charge in [0.1, 0.15) is 5.82 Å². The van der Waals surface area contributed by atoms with Crippen LogP contribution in [0, 0.1) is 6.92 Å². The van der Waals surface area contributed by atoms with Crippen LogP contribution < -0.4 is 5.73 Å². The lowest BCUT2D eigenvalue weighted by Gasteiger charge is -2.20. The predicted molar refractivity (Wildman–Crippen MR) is 68.2 cm³/mol. The highest BCUT2D eigenvalue weighted by molar-refractivity contribution is 5.36. The number of rotatable bonds is 1. The van der Waals surface area contributed by atoms with Gasteiger partial charge >= 0.3 is 0 Å². The molecule has 2 aromatic rings. The van der Waals surface area contributed by atoms with Gasteiger partial charge in [0.25, 0.3) is 0 Å². The molecule has 0 spiro atoms. The van der Waals surface area contributed by atoms with Gasteiger partial charge in [0.2, 0.25) is 0 Å². The van der Waals surface area contributed by atoms with Gasteiger partial charge in [-0.1, -0.05) is 6.07 Å². The fourth-order valence-electron chi connectivity index (χ4n) is 2.60. The molecule has 2 aromatic heterocycles. The molecule has 0 saturated heterocycles. The van der Waals surface area contributed by atoms with Crippen molar-refractivity contribution in [3.05, 3.63) is 47.4 Å². The first-order chi connectivity index (χ1) is 8.25. The minimum absolute atomic E-state index is 0.199. The molecule has 1 unspecified atom stereocenters. The predicted octanol–water partition coefficient (Wildman–Crippen LogP) is 2.52. The maximum atomic E-state index is 6.13. The van der Waals surface area contributed by atoms with Crippen LogP contribution in [-0.4, -0.2) is 9.55 Å². The summed E-state index contributed by atoms with van der Waals surface area (Å²) in [5, 5.41) is 0. The number of aryl methyl sites for hydroxylation is 1. The summed E-state index contributed by atoms with van der Waals surface area (Å²) < 4.78 is 2.18. The smallest absolute Gasteiger partial charge is 0.137 e. The number of pyridine rings is 1. The van der Waals surface area contributed by atoms with Gasteiger partial charge in [0, 0.05) is 23.6 Å². The van der Waals surface area contributed by atoms with Crippen LogP contribution in [0.2, 0.25) is 0 Å². The van der Waals surface area contributed by atoms with E-state index in [1.165, 1.54) is 17.7 Å². The van der Waals surface area contributed by atoms with Crippen LogP contribution in [0.15, 0.2) is 30.5 Å². The van der Waals surface area contributed by atoms with Crippen molar-refractivity contribution < 1.29 is 0 Å². The maximum Gasteiger partial charge on any atom is 0.137 e. The summed E-state index contributed by atoms with van der Waals surface area (Å²) in [5.74, 6) is 1.00. The largest absolute Gasteiger partial charge is 0.324 e. The first-order valence-corrected chi connectivity index (χ1v) is 6.15. The van der Waals surface area contributed by atoms with Gasteiger partial charge in [-0.05, 0) is 49.9 Å². The van der Waals surface area contributed by atoms with Crippen molar-refractivity contribution in [3.63, 3.8) is 0 Å². The Kier molecular flexibility index (Phi) is 2.48. The zero-order valence-electron chi connectivity index (χ0n) is 10.1. The molecular formula is C14H17N3. The number of nitrogens with two attached hydrogens (primary N) is 1. The number of aromatic nitrogens is 2. The van der Waals surface area contributed by atoms with E-state index in [1.54, 1.807) is 0 Å². The molecular weight excluding hydrogens is 210 g/mol. The summed E-state index contributed by atoms with van der Waals surface area (Å²) in [5.41, 5.74) is 9.81. The summed E-state index contributed by atoms with van der Waals surface area (Å²) in [4.78, 5) is 4.57. The molecule has 2 N–H and O–H groups in total. The molecule has 1 aliphatic rings. The minimum Gasteiger partial charge on any atom is -0.324 e. The van der Waals surface area contributed by atoms with Crippen LogP contribution in [0.1, 0.15) is 35.8 Å². The van der Waals surface area contributed by atoms with E-state index in [9.17, 15) is 0 Å². The van der Waals surface area contributed by atoms with Crippen molar-refractivity contribution in [1.29, 1.82) is 0 Å². The van der Waals surface area contributed by atoms with E-state index in [1.807, 2.05) is 25.1 Å². The normalized spacial score (nSPS) is 19.1. The molecule has 88 valence electrons. The van der Waals surface area contributed by atoms with Gasteiger partial charge in [-0.25, -0.2) is 4.98 Å². The summed E-state index contributed by atoms with van der Waals surface area (Å²) in [7, 11) is 0. The van der Waals surface area contributed by atoms with Crippen molar-refractivity contribution in [2.45, 2.75) is 32.2 Å². The number of hydrogen-bond acceptors (Lipinski definition) is 2. The molecule has 1 atom stereocenters. The zero-order valence-corrected chi connectivity index (χ0v) is 10.1. The van der Waals surface area contributed by atoms with Crippen LogP contribution in [-0.2, 0) is 6.42 Å². The molecule has 3 heteroatoms. The van der Waals surface area contributed by atoms with E-state index < -0.39 is 0 Å². The van der Waals surface area contributed by atoms with E-state index in [0.29, 0.717) is 0 Å².